The molecule has 4 heterocycles. The molecule has 0 saturated carbocycles. The highest BCUT2D eigenvalue weighted by Gasteiger charge is 2.27. The smallest absolute Gasteiger partial charge is 0.0894 e. The fourth-order valence-electron chi connectivity index (χ4n) is 9.75. The average molecular weight is 911 g/mol. The van der Waals surface area contributed by atoms with Gasteiger partial charge in [0.2, 0.25) is 0 Å². The molecule has 1 aliphatic carbocycles. The van der Waals surface area contributed by atoms with Gasteiger partial charge in [0, 0.05) is 66.1 Å². The number of aromatic nitrogens is 4. The lowest BCUT2D eigenvalue weighted by Crippen LogP contribution is -1.88. The SMILES string of the molecule is C(#Cc1c2nc(c(C#Cc3ccccc3)c3[nH]c(c(C#Cc4ccccc4)c4nc(c(C#Cc5ccccc5)c5[nH]c1c1ccccc51)-c1ccccc1-4)c1ccccc31)-c1ccccc1-2)c1ccccc1. The lowest BCUT2D eigenvalue weighted by molar-refractivity contribution is 1.37. The minimum atomic E-state index is 0.738. The zero-order chi connectivity index (χ0) is 47.8. The number of rotatable bonds is 0. The summed E-state index contributed by atoms with van der Waals surface area (Å²) in [6.45, 7) is 0. The maximum atomic E-state index is 5.73. The van der Waals surface area contributed by atoms with Gasteiger partial charge in [-0.15, -0.1) is 0 Å². The van der Waals surface area contributed by atoms with E-state index in [0.29, 0.717) is 0 Å². The van der Waals surface area contributed by atoms with Gasteiger partial charge in [0.15, 0.2) is 0 Å². The molecule has 4 nitrogen and oxygen atoms in total. The van der Waals surface area contributed by atoms with Gasteiger partial charge in [-0.1, -0.05) is 217 Å². The molecular weight excluding hydrogens is 873 g/mol. The number of nitrogens with zero attached hydrogens (tertiary/aromatic N) is 2. The largest absolute Gasteiger partial charge is 0.352 e. The zero-order valence-electron chi connectivity index (χ0n) is 38.7. The summed E-state index contributed by atoms with van der Waals surface area (Å²) in [6.07, 6.45) is 0. The first-order valence-corrected chi connectivity index (χ1v) is 23.8. The second-order valence-corrected chi connectivity index (χ2v) is 17.5. The summed E-state index contributed by atoms with van der Waals surface area (Å²) < 4.78 is 0. The molecule has 2 aromatic heterocycles. The maximum Gasteiger partial charge on any atom is 0.0894 e. The quantitative estimate of drug-likeness (QED) is 0.149. The Morgan fingerprint density at radius 2 is 0.431 bits per heavy atom. The Hall–Kier alpha value is -10.4. The van der Waals surface area contributed by atoms with Gasteiger partial charge in [0.25, 0.3) is 0 Å². The monoisotopic (exact) mass is 910 g/mol. The third-order valence-electron chi connectivity index (χ3n) is 13.1. The van der Waals surface area contributed by atoms with Crippen LogP contribution in [0.2, 0.25) is 0 Å². The molecule has 4 heteroatoms. The first kappa shape index (κ1) is 41.8. The molecule has 330 valence electrons. The number of H-pyrrole nitrogens is 2. The Labute approximate surface area is 416 Å². The lowest BCUT2D eigenvalue weighted by Gasteiger charge is -2.03. The average Bonchev–Trinajstić information content (AvgIpc) is 4.23. The summed E-state index contributed by atoms with van der Waals surface area (Å²) in [5.41, 5.74) is 16.6. The Kier molecular flexibility index (Phi) is 10.4. The second kappa shape index (κ2) is 17.9. The fourth-order valence-corrected chi connectivity index (χ4v) is 9.75. The Morgan fingerprint density at radius 3 is 0.667 bits per heavy atom. The van der Waals surface area contributed by atoms with Crippen LogP contribution in [0.3, 0.4) is 0 Å². The van der Waals surface area contributed by atoms with Crippen LogP contribution < -0.4 is 0 Å². The van der Waals surface area contributed by atoms with Crippen LogP contribution in [0.1, 0.15) is 44.5 Å². The number of hydrogen-bond donors (Lipinski definition) is 2. The summed E-state index contributed by atoms with van der Waals surface area (Å²) in [4.78, 5) is 19.4. The molecule has 10 aromatic rings. The van der Waals surface area contributed by atoms with E-state index in [1.54, 1.807) is 0 Å². The predicted molar refractivity (Wildman–Crippen MR) is 295 cm³/mol. The molecule has 8 bridgehead atoms. The Balaban J connectivity index is 1.31. The van der Waals surface area contributed by atoms with Crippen molar-refractivity contribution in [2.75, 3.05) is 0 Å². The van der Waals surface area contributed by atoms with Crippen molar-refractivity contribution < 1.29 is 0 Å². The van der Waals surface area contributed by atoms with E-state index >= 15 is 0 Å². The van der Waals surface area contributed by atoms with Crippen LogP contribution in [-0.2, 0) is 0 Å². The minimum absolute atomic E-state index is 0.738. The number of benzene rings is 8. The van der Waals surface area contributed by atoms with Crippen molar-refractivity contribution in [3.05, 3.63) is 263 Å². The maximum absolute atomic E-state index is 5.73. The van der Waals surface area contributed by atoms with E-state index in [1.807, 2.05) is 121 Å². The molecule has 13 rings (SSSR count). The van der Waals surface area contributed by atoms with Gasteiger partial charge in [-0.25, -0.2) is 9.97 Å². The molecule has 3 aliphatic rings. The van der Waals surface area contributed by atoms with E-state index in [9.17, 15) is 0 Å². The Bertz CT molecular complexity index is 3870. The lowest BCUT2D eigenvalue weighted by atomic mass is 9.98. The number of aromatic amines is 2. The van der Waals surface area contributed by atoms with Crippen LogP contribution in [-0.4, -0.2) is 19.9 Å². The fraction of sp³-hybridized carbons (Fsp3) is 0. The summed E-state index contributed by atoms with van der Waals surface area (Å²) in [5.74, 6) is 28.9. The van der Waals surface area contributed by atoms with Gasteiger partial charge in [0.05, 0.1) is 67.1 Å². The van der Waals surface area contributed by atoms with Crippen molar-refractivity contribution in [2.45, 2.75) is 0 Å². The molecule has 0 atom stereocenters. The number of hydrogen-bond acceptors (Lipinski definition) is 2. The first-order chi connectivity index (χ1) is 35.7. The molecule has 0 fully saturated rings. The molecule has 0 spiro atoms. The molecular formula is C68H38N4. The van der Waals surface area contributed by atoms with Crippen molar-refractivity contribution in [2.24, 2.45) is 0 Å². The Morgan fingerprint density at radius 1 is 0.222 bits per heavy atom. The molecule has 2 aliphatic heterocycles. The van der Waals surface area contributed by atoms with Crippen LogP contribution in [0.25, 0.3) is 88.6 Å². The first-order valence-electron chi connectivity index (χ1n) is 23.8. The van der Waals surface area contributed by atoms with E-state index < -0.39 is 0 Å². The van der Waals surface area contributed by atoms with Gasteiger partial charge in [0.1, 0.15) is 0 Å². The van der Waals surface area contributed by atoms with Crippen LogP contribution in [0.15, 0.2) is 218 Å². The molecule has 2 N–H and O–H groups in total. The molecule has 0 saturated heterocycles. The van der Waals surface area contributed by atoms with Gasteiger partial charge in [-0.3, -0.25) is 0 Å². The third-order valence-corrected chi connectivity index (χ3v) is 13.1. The van der Waals surface area contributed by atoms with E-state index in [0.717, 1.165) is 133 Å². The molecule has 8 aromatic carbocycles. The minimum Gasteiger partial charge on any atom is -0.352 e. The van der Waals surface area contributed by atoms with Crippen LogP contribution in [0, 0.1) is 47.4 Å². The highest BCUT2D eigenvalue weighted by Crippen LogP contribution is 2.45. The summed E-state index contributed by atoms with van der Waals surface area (Å²) in [5, 5.41) is 3.91. The van der Waals surface area contributed by atoms with E-state index in [1.165, 1.54) is 0 Å². The predicted octanol–water partition coefficient (Wildman–Crippen LogP) is 14.9. The highest BCUT2D eigenvalue weighted by molar-refractivity contribution is 6.15. The van der Waals surface area contributed by atoms with Crippen LogP contribution >= 0.6 is 0 Å². The molecule has 72 heavy (non-hydrogen) atoms. The molecule has 0 unspecified atom stereocenters. The number of nitrogens with one attached hydrogen (secondary N) is 2. The molecule has 0 amide bonds. The van der Waals surface area contributed by atoms with Crippen LogP contribution in [0.5, 0.6) is 0 Å². The van der Waals surface area contributed by atoms with Crippen molar-refractivity contribution in [1.82, 2.24) is 19.9 Å². The van der Waals surface area contributed by atoms with Gasteiger partial charge >= 0.3 is 0 Å². The summed E-state index contributed by atoms with van der Waals surface area (Å²) >= 11 is 0. The van der Waals surface area contributed by atoms with E-state index in [-0.39, 0.29) is 0 Å². The standard InChI is InChI=1S/C68H38N4/c1-5-21-45(22-6-1)37-41-57-61-49-29-13-15-31-51(49)63(69-61)58(42-38-46-23-7-2-8-24-46)65-53-33-17-19-35-55(53)67(71-65)60(44-40-48-27-11-4-12-28-48)68-56-36-20-18-34-54(56)66(72-68)59(43-39-47-25-9-3-10-26-47)64-52-32-16-14-30-50(52)62(57)70-64/h1-36,69,72H. The van der Waals surface area contributed by atoms with E-state index in [4.69, 9.17) is 9.97 Å². The van der Waals surface area contributed by atoms with Crippen LogP contribution in [0.4, 0.5) is 0 Å². The topological polar surface area (TPSA) is 57.4 Å². The van der Waals surface area contributed by atoms with Crippen molar-refractivity contribution >= 4 is 43.6 Å². The molecule has 0 radical (unpaired) electrons. The summed E-state index contributed by atoms with van der Waals surface area (Å²) in [6, 6.07) is 74.2. The van der Waals surface area contributed by atoms with E-state index in [2.05, 4.69) is 154 Å². The van der Waals surface area contributed by atoms with Gasteiger partial charge in [-0.2, -0.15) is 0 Å². The van der Waals surface area contributed by atoms with Gasteiger partial charge in [-0.05, 0) is 48.5 Å². The zero-order valence-corrected chi connectivity index (χ0v) is 38.7. The second-order valence-electron chi connectivity index (χ2n) is 17.5. The van der Waals surface area contributed by atoms with Crippen molar-refractivity contribution in [3.8, 4) is 92.4 Å². The summed E-state index contributed by atoms with van der Waals surface area (Å²) in [7, 11) is 0. The third kappa shape index (κ3) is 7.47. The highest BCUT2D eigenvalue weighted by atomic mass is 14.8. The van der Waals surface area contributed by atoms with Gasteiger partial charge < -0.3 is 9.97 Å². The van der Waals surface area contributed by atoms with Crippen molar-refractivity contribution in [3.63, 3.8) is 0 Å². The normalized spacial score (nSPS) is 10.9. The van der Waals surface area contributed by atoms with Crippen molar-refractivity contribution in [1.29, 1.82) is 0 Å².